The molecule has 0 unspecified atom stereocenters. The molecule has 2 heteroatoms. The van der Waals surface area contributed by atoms with Gasteiger partial charge in [-0.2, -0.15) is 9.65 Å². The summed E-state index contributed by atoms with van der Waals surface area (Å²) in [5.41, 5.74) is 3.08. The summed E-state index contributed by atoms with van der Waals surface area (Å²) in [4.78, 5) is 0. The van der Waals surface area contributed by atoms with E-state index >= 15 is 0 Å². The lowest BCUT2D eigenvalue weighted by molar-refractivity contribution is 0.225. The van der Waals surface area contributed by atoms with Crippen LogP contribution in [0.1, 0.15) is 114 Å². The zero-order chi connectivity index (χ0) is 23.3. The molecule has 1 aromatic rings. The highest BCUT2D eigenvalue weighted by Gasteiger charge is 2.25. The molecule has 2 saturated carbocycles. The number of aryl methyl sites for hydroxylation is 1. The Morgan fingerprint density at radius 1 is 0.909 bits per heavy atom. The maximum atomic E-state index is 12.8. The van der Waals surface area contributed by atoms with Crippen LogP contribution in [0.15, 0.2) is 48.3 Å². The Morgan fingerprint density at radius 3 is 2.06 bits per heavy atom. The second-order valence-electron chi connectivity index (χ2n) is 10.7. The highest BCUT2D eigenvalue weighted by Crippen LogP contribution is 2.40. The van der Waals surface area contributed by atoms with Crippen molar-refractivity contribution in [3.63, 3.8) is 0 Å². The van der Waals surface area contributed by atoms with Crippen molar-refractivity contribution >= 4 is 0 Å². The smallest absolute Gasteiger partial charge is 0.195 e. The molecular formula is C31H44FN. The Morgan fingerprint density at radius 2 is 1.48 bits per heavy atom. The van der Waals surface area contributed by atoms with E-state index in [1.54, 1.807) is 11.6 Å². The van der Waals surface area contributed by atoms with Crippen LogP contribution in [0.3, 0.4) is 0 Å². The van der Waals surface area contributed by atoms with Crippen LogP contribution in [0, 0.1) is 29.1 Å². The lowest BCUT2D eigenvalue weighted by atomic mass is 9.74. The average molecular weight is 450 g/mol. The molecule has 1 aromatic carbocycles. The van der Waals surface area contributed by atoms with Crippen LogP contribution in [0.5, 0.6) is 0 Å². The van der Waals surface area contributed by atoms with Crippen LogP contribution in [0.25, 0.3) is 0 Å². The topological polar surface area (TPSA) is 23.8 Å². The summed E-state index contributed by atoms with van der Waals surface area (Å²) in [6.07, 6.45) is 25.0. The molecule has 1 nitrogen and oxygen atoms in total. The molecule has 2 aliphatic carbocycles. The largest absolute Gasteiger partial charge is 0.199 e. The Hall–Kier alpha value is -1.88. The highest BCUT2D eigenvalue weighted by molar-refractivity contribution is 5.26. The van der Waals surface area contributed by atoms with Gasteiger partial charge in [0.1, 0.15) is 6.07 Å². The molecule has 0 aromatic heterocycles. The number of rotatable bonds is 11. The minimum Gasteiger partial charge on any atom is -0.195 e. The summed E-state index contributed by atoms with van der Waals surface area (Å²) in [5.74, 6) is 2.81. The molecule has 0 spiro atoms. The van der Waals surface area contributed by atoms with Crippen molar-refractivity contribution in [1.29, 1.82) is 5.26 Å². The summed E-state index contributed by atoms with van der Waals surface area (Å²) >= 11 is 0. The molecule has 3 rings (SSSR count). The van der Waals surface area contributed by atoms with Gasteiger partial charge in [0.2, 0.25) is 0 Å². The molecule has 2 fully saturated rings. The maximum Gasteiger partial charge on any atom is 0.199 e. The van der Waals surface area contributed by atoms with Gasteiger partial charge in [0.25, 0.3) is 0 Å². The minimum absolute atomic E-state index is 0.711. The van der Waals surface area contributed by atoms with Gasteiger partial charge in [-0.25, -0.2) is 0 Å². The Kier molecular flexibility index (Phi) is 11.2. The zero-order valence-electron chi connectivity index (χ0n) is 20.8. The third-order valence-corrected chi connectivity index (χ3v) is 8.29. The van der Waals surface area contributed by atoms with Crippen LogP contribution >= 0.6 is 0 Å². The average Bonchev–Trinajstić information content (AvgIpc) is 2.87. The Labute approximate surface area is 202 Å². The van der Waals surface area contributed by atoms with E-state index in [1.807, 2.05) is 6.08 Å². The molecule has 0 heterocycles. The normalized spacial score (nSPS) is 26.4. The molecular weight excluding hydrogens is 405 g/mol. The second-order valence-corrected chi connectivity index (χ2v) is 10.7. The van der Waals surface area contributed by atoms with Crippen LogP contribution in [-0.2, 0) is 6.42 Å². The van der Waals surface area contributed by atoms with Gasteiger partial charge >= 0.3 is 0 Å². The molecule has 0 N–H and O–H groups in total. The van der Waals surface area contributed by atoms with Crippen molar-refractivity contribution in [2.75, 3.05) is 0 Å². The standard InChI is InChI=1S/C31H44FN/c1-2-3-7-25-16-20-29(21-17-25)30-22-18-28(19-23-30)15-14-27-12-10-26(11-13-27)8-5-4-6-9-31(32)24-33/h4,6,9,16-17,20-21,26-28,30H,2-3,5,7-8,10-15,18-19,22-23H2,1H3/t26-,27-,28-,30-. The van der Waals surface area contributed by atoms with Gasteiger partial charge in [-0.05, 0) is 92.2 Å². The van der Waals surface area contributed by atoms with Gasteiger partial charge in [-0.1, -0.05) is 88.3 Å². The molecule has 0 radical (unpaired) electrons. The van der Waals surface area contributed by atoms with Crippen molar-refractivity contribution < 1.29 is 4.39 Å². The molecule has 0 bridgehead atoms. The van der Waals surface area contributed by atoms with Crippen molar-refractivity contribution in [1.82, 2.24) is 0 Å². The van der Waals surface area contributed by atoms with Crippen molar-refractivity contribution in [2.45, 2.75) is 109 Å². The van der Waals surface area contributed by atoms with Gasteiger partial charge in [0, 0.05) is 0 Å². The van der Waals surface area contributed by atoms with Crippen LogP contribution < -0.4 is 0 Å². The van der Waals surface area contributed by atoms with Gasteiger partial charge in [0.15, 0.2) is 5.83 Å². The molecule has 0 atom stereocenters. The van der Waals surface area contributed by atoms with E-state index in [-0.39, 0.29) is 0 Å². The first-order valence-corrected chi connectivity index (χ1v) is 13.7. The quantitative estimate of drug-likeness (QED) is 0.244. The van der Waals surface area contributed by atoms with Crippen molar-refractivity contribution in [3.8, 4) is 6.07 Å². The predicted octanol–water partition coefficient (Wildman–Crippen LogP) is 9.60. The number of hydrogen-bond donors (Lipinski definition) is 0. The third kappa shape index (κ3) is 9.11. The lowest BCUT2D eigenvalue weighted by Gasteiger charge is -2.32. The fraction of sp³-hybridized carbons (Fsp3) is 0.645. The van der Waals surface area contributed by atoms with Gasteiger partial charge in [-0.3, -0.25) is 0 Å². The number of nitrogens with zero attached hydrogens (tertiary/aromatic N) is 1. The zero-order valence-corrected chi connectivity index (χ0v) is 20.8. The summed E-state index contributed by atoms with van der Waals surface area (Å²) in [7, 11) is 0. The molecule has 0 amide bonds. The van der Waals surface area contributed by atoms with E-state index in [4.69, 9.17) is 5.26 Å². The summed E-state index contributed by atoms with van der Waals surface area (Å²) in [5, 5.41) is 8.41. The van der Waals surface area contributed by atoms with E-state index in [0.717, 1.165) is 30.1 Å². The second kappa shape index (κ2) is 14.4. The molecule has 0 saturated heterocycles. The highest BCUT2D eigenvalue weighted by atomic mass is 19.1. The van der Waals surface area contributed by atoms with Crippen LogP contribution in [0.2, 0.25) is 0 Å². The summed E-state index contributed by atoms with van der Waals surface area (Å²) in [6.45, 7) is 2.27. The lowest BCUT2D eigenvalue weighted by Crippen LogP contribution is -2.17. The number of halogens is 1. The summed E-state index contributed by atoms with van der Waals surface area (Å²) in [6, 6.07) is 11.1. The number of nitriles is 1. The van der Waals surface area contributed by atoms with Crippen LogP contribution in [0.4, 0.5) is 4.39 Å². The number of allylic oxidation sites excluding steroid dienone is 4. The summed E-state index contributed by atoms with van der Waals surface area (Å²) < 4.78 is 12.8. The first kappa shape index (κ1) is 25.7. The fourth-order valence-corrected chi connectivity index (χ4v) is 6.02. The predicted molar refractivity (Wildman–Crippen MR) is 138 cm³/mol. The monoisotopic (exact) mass is 449 g/mol. The SMILES string of the molecule is CCCCc1ccc([C@H]2CC[C@H](CC[C@H]3CC[C@H](CCC=CC=C(F)C#N)CC3)CC2)cc1. The number of benzene rings is 1. The van der Waals surface area contributed by atoms with E-state index in [0.29, 0.717) is 0 Å². The Bertz CT molecular complexity index is 768. The van der Waals surface area contributed by atoms with E-state index in [1.165, 1.54) is 108 Å². The van der Waals surface area contributed by atoms with Crippen molar-refractivity contribution in [3.05, 3.63) is 59.4 Å². The van der Waals surface area contributed by atoms with Gasteiger partial charge < -0.3 is 0 Å². The third-order valence-electron chi connectivity index (χ3n) is 8.29. The molecule has 2 aliphatic rings. The first-order valence-electron chi connectivity index (χ1n) is 13.7. The maximum absolute atomic E-state index is 12.8. The molecule has 33 heavy (non-hydrogen) atoms. The van der Waals surface area contributed by atoms with Gasteiger partial charge in [-0.15, -0.1) is 0 Å². The van der Waals surface area contributed by atoms with Crippen molar-refractivity contribution in [2.24, 2.45) is 17.8 Å². The van der Waals surface area contributed by atoms with E-state index < -0.39 is 5.83 Å². The van der Waals surface area contributed by atoms with E-state index in [9.17, 15) is 4.39 Å². The van der Waals surface area contributed by atoms with Gasteiger partial charge in [0.05, 0.1) is 0 Å². The number of unbranched alkanes of at least 4 members (excludes halogenated alkanes) is 1. The minimum atomic E-state index is -0.711. The molecule has 180 valence electrons. The fourth-order valence-electron chi connectivity index (χ4n) is 6.02. The van der Waals surface area contributed by atoms with Crippen LogP contribution in [-0.4, -0.2) is 0 Å². The van der Waals surface area contributed by atoms with E-state index in [2.05, 4.69) is 31.2 Å². The number of hydrogen-bond acceptors (Lipinski definition) is 1. The Balaban J connectivity index is 1.27. The first-order chi connectivity index (χ1) is 16.2. The molecule has 0 aliphatic heterocycles.